The minimum Gasteiger partial charge on any atom is -0.395 e. The average Bonchev–Trinajstić information content (AvgIpc) is 2.37. The zero-order valence-corrected chi connectivity index (χ0v) is 14.1. The van der Waals surface area contributed by atoms with Crippen molar-refractivity contribution in [3.63, 3.8) is 0 Å². The van der Waals surface area contributed by atoms with Gasteiger partial charge in [0.1, 0.15) is 0 Å². The molecule has 1 heterocycles. The first kappa shape index (κ1) is 16.5. The zero-order valence-electron chi connectivity index (χ0n) is 14.1. The number of aliphatic hydroxyl groups is 1. The monoisotopic (exact) mass is 290 g/mol. The van der Waals surface area contributed by atoms with Gasteiger partial charge in [0.15, 0.2) is 0 Å². The Labute approximate surface area is 129 Å². The number of aliphatic hydroxyl groups excluding tert-OH is 1. The Morgan fingerprint density at radius 3 is 2.38 bits per heavy atom. The molecule has 0 saturated carbocycles. The first-order valence-electron chi connectivity index (χ1n) is 7.91. The van der Waals surface area contributed by atoms with E-state index in [-0.39, 0.29) is 23.6 Å². The highest BCUT2D eigenvalue weighted by atomic mass is 16.3. The van der Waals surface area contributed by atoms with Crippen molar-refractivity contribution in [1.29, 1.82) is 0 Å². The van der Waals surface area contributed by atoms with Gasteiger partial charge in [-0.2, -0.15) is 0 Å². The maximum absolute atomic E-state index is 9.58. The van der Waals surface area contributed by atoms with Crippen LogP contribution in [0.1, 0.15) is 45.7 Å². The molecule has 0 aromatic heterocycles. The second kappa shape index (κ2) is 6.07. The molecule has 0 aliphatic carbocycles. The minimum atomic E-state index is 0.108. The van der Waals surface area contributed by atoms with E-state index in [9.17, 15) is 5.11 Å². The first-order valence-corrected chi connectivity index (χ1v) is 7.91. The van der Waals surface area contributed by atoms with Crippen LogP contribution in [0.5, 0.6) is 0 Å². The fourth-order valence-corrected chi connectivity index (χ4v) is 2.93. The van der Waals surface area contributed by atoms with Crippen LogP contribution >= 0.6 is 0 Å². The van der Waals surface area contributed by atoms with Gasteiger partial charge in [0.25, 0.3) is 0 Å². The van der Waals surface area contributed by atoms with Crippen molar-refractivity contribution in [2.45, 2.75) is 58.2 Å². The lowest BCUT2D eigenvalue weighted by Gasteiger charge is -2.44. The van der Waals surface area contributed by atoms with Crippen LogP contribution in [-0.2, 0) is 12.0 Å². The van der Waals surface area contributed by atoms with Gasteiger partial charge < -0.3 is 10.4 Å². The van der Waals surface area contributed by atoms with E-state index >= 15 is 0 Å². The predicted octanol–water partition coefficient (Wildman–Crippen LogP) is 2.53. The molecule has 1 unspecified atom stereocenters. The highest BCUT2D eigenvalue weighted by molar-refractivity contribution is 5.27. The van der Waals surface area contributed by atoms with E-state index in [0.717, 1.165) is 19.6 Å². The molecule has 0 amide bonds. The van der Waals surface area contributed by atoms with Crippen LogP contribution in [0.25, 0.3) is 0 Å². The Hall–Kier alpha value is -0.900. The molecule has 1 aromatic carbocycles. The molecule has 2 rings (SSSR count). The number of hydrogen-bond acceptors (Lipinski definition) is 3. The normalized spacial score (nSPS) is 23.2. The molecule has 118 valence electrons. The van der Waals surface area contributed by atoms with Gasteiger partial charge in [-0.3, -0.25) is 4.90 Å². The maximum Gasteiger partial charge on any atom is 0.0599 e. The van der Waals surface area contributed by atoms with E-state index in [2.05, 4.69) is 69.1 Å². The standard InChI is InChI=1S/C18H30N2O/c1-17(2,3)15-8-6-14(7-9-15)11-20-13-18(4,5)19-10-16(20)12-21/h6-9,16,19,21H,10-13H2,1-5H3. The molecule has 1 aromatic rings. The molecule has 2 N–H and O–H groups in total. The van der Waals surface area contributed by atoms with Crippen molar-refractivity contribution >= 4 is 0 Å². The molecule has 1 atom stereocenters. The fourth-order valence-electron chi connectivity index (χ4n) is 2.93. The topological polar surface area (TPSA) is 35.5 Å². The molecular weight excluding hydrogens is 260 g/mol. The molecule has 3 nitrogen and oxygen atoms in total. The summed E-state index contributed by atoms with van der Waals surface area (Å²) < 4.78 is 0. The molecule has 0 bridgehead atoms. The SMILES string of the molecule is CC1(C)CN(Cc2ccc(C(C)(C)C)cc2)C(CO)CN1. The van der Waals surface area contributed by atoms with Crippen molar-refractivity contribution in [1.82, 2.24) is 10.2 Å². The highest BCUT2D eigenvalue weighted by Gasteiger charge is 2.31. The van der Waals surface area contributed by atoms with E-state index in [1.807, 2.05) is 0 Å². The Kier molecular flexibility index (Phi) is 4.76. The van der Waals surface area contributed by atoms with Gasteiger partial charge in [-0.1, -0.05) is 45.0 Å². The van der Waals surface area contributed by atoms with Crippen LogP contribution in [0.4, 0.5) is 0 Å². The van der Waals surface area contributed by atoms with Gasteiger partial charge in [-0.25, -0.2) is 0 Å². The maximum atomic E-state index is 9.58. The molecule has 3 heteroatoms. The van der Waals surface area contributed by atoms with Crippen LogP contribution in [0.15, 0.2) is 24.3 Å². The van der Waals surface area contributed by atoms with Crippen LogP contribution < -0.4 is 5.32 Å². The Balaban J connectivity index is 2.08. The van der Waals surface area contributed by atoms with Crippen molar-refractivity contribution in [3.8, 4) is 0 Å². The van der Waals surface area contributed by atoms with Crippen LogP contribution in [0, 0.1) is 0 Å². The molecule has 1 saturated heterocycles. The molecule has 21 heavy (non-hydrogen) atoms. The van der Waals surface area contributed by atoms with Gasteiger partial charge in [-0.15, -0.1) is 0 Å². The lowest BCUT2D eigenvalue weighted by molar-refractivity contribution is 0.0513. The molecule has 1 aliphatic rings. The average molecular weight is 290 g/mol. The van der Waals surface area contributed by atoms with Gasteiger partial charge in [0, 0.05) is 31.2 Å². The second-order valence-corrected chi connectivity index (χ2v) is 7.95. The lowest BCUT2D eigenvalue weighted by atomic mass is 9.86. The number of rotatable bonds is 3. The first-order chi connectivity index (χ1) is 9.71. The van der Waals surface area contributed by atoms with Gasteiger partial charge in [-0.05, 0) is 30.4 Å². The van der Waals surface area contributed by atoms with E-state index in [1.165, 1.54) is 11.1 Å². The van der Waals surface area contributed by atoms with Gasteiger partial charge in [0.2, 0.25) is 0 Å². The molecule has 1 aliphatic heterocycles. The summed E-state index contributed by atoms with van der Waals surface area (Å²) in [5.74, 6) is 0. The number of nitrogens with zero attached hydrogens (tertiary/aromatic N) is 1. The van der Waals surface area contributed by atoms with Crippen LogP contribution in [-0.4, -0.2) is 41.3 Å². The fraction of sp³-hybridized carbons (Fsp3) is 0.667. The number of benzene rings is 1. The Morgan fingerprint density at radius 2 is 1.86 bits per heavy atom. The number of nitrogens with one attached hydrogen (secondary N) is 1. The third-order valence-electron chi connectivity index (χ3n) is 4.35. The minimum absolute atomic E-state index is 0.108. The zero-order chi connectivity index (χ0) is 15.7. The van der Waals surface area contributed by atoms with E-state index < -0.39 is 0 Å². The highest BCUT2D eigenvalue weighted by Crippen LogP contribution is 2.23. The van der Waals surface area contributed by atoms with Crippen molar-refractivity contribution < 1.29 is 5.11 Å². The summed E-state index contributed by atoms with van der Waals surface area (Å²) >= 11 is 0. The molecule has 0 radical (unpaired) electrons. The summed E-state index contributed by atoms with van der Waals surface area (Å²) in [7, 11) is 0. The predicted molar refractivity (Wildman–Crippen MR) is 88.5 cm³/mol. The van der Waals surface area contributed by atoms with Crippen molar-refractivity contribution in [2.24, 2.45) is 0 Å². The van der Waals surface area contributed by atoms with Crippen LogP contribution in [0.2, 0.25) is 0 Å². The van der Waals surface area contributed by atoms with E-state index in [4.69, 9.17) is 0 Å². The van der Waals surface area contributed by atoms with Crippen molar-refractivity contribution in [3.05, 3.63) is 35.4 Å². The molecule has 1 fully saturated rings. The largest absolute Gasteiger partial charge is 0.395 e. The summed E-state index contributed by atoms with van der Waals surface area (Å²) in [6.45, 7) is 14.1. The third-order valence-corrected chi connectivity index (χ3v) is 4.35. The second-order valence-electron chi connectivity index (χ2n) is 7.95. The van der Waals surface area contributed by atoms with Crippen LogP contribution in [0.3, 0.4) is 0 Å². The lowest BCUT2D eigenvalue weighted by Crippen LogP contribution is -2.62. The molecule has 0 spiro atoms. The van der Waals surface area contributed by atoms with Crippen molar-refractivity contribution in [2.75, 3.05) is 19.7 Å². The Morgan fingerprint density at radius 1 is 1.24 bits per heavy atom. The van der Waals surface area contributed by atoms with Gasteiger partial charge >= 0.3 is 0 Å². The Bertz CT molecular complexity index is 459. The molecular formula is C18H30N2O. The summed E-state index contributed by atoms with van der Waals surface area (Å²) in [6.07, 6.45) is 0. The summed E-state index contributed by atoms with van der Waals surface area (Å²) in [5.41, 5.74) is 2.99. The summed E-state index contributed by atoms with van der Waals surface area (Å²) in [5, 5.41) is 13.1. The quantitative estimate of drug-likeness (QED) is 0.898. The number of piperazine rings is 1. The smallest absolute Gasteiger partial charge is 0.0599 e. The number of hydrogen-bond donors (Lipinski definition) is 2. The van der Waals surface area contributed by atoms with E-state index in [1.54, 1.807) is 0 Å². The third kappa shape index (κ3) is 4.29. The van der Waals surface area contributed by atoms with Gasteiger partial charge in [0.05, 0.1) is 6.61 Å². The summed E-state index contributed by atoms with van der Waals surface area (Å²) in [6, 6.07) is 9.13. The van der Waals surface area contributed by atoms with E-state index in [0.29, 0.717) is 0 Å². The summed E-state index contributed by atoms with van der Waals surface area (Å²) in [4.78, 5) is 2.39.